The number of fused-ring (bicyclic) bond motifs is 1. The van der Waals surface area contributed by atoms with Crippen LogP contribution in [0, 0.1) is 0 Å². The number of benzene rings is 1. The van der Waals surface area contributed by atoms with Crippen molar-refractivity contribution >= 4 is 17.0 Å². The molecule has 0 unspecified atom stereocenters. The van der Waals surface area contributed by atoms with E-state index in [0.29, 0.717) is 11.0 Å². The first-order valence-corrected chi connectivity index (χ1v) is 3.77. The Kier molecular flexibility index (Phi) is 3.22. The third kappa shape index (κ3) is 1.92. The quantitative estimate of drug-likeness (QED) is 0.535. The predicted molar refractivity (Wildman–Crippen MR) is 44.8 cm³/mol. The summed E-state index contributed by atoms with van der Waals surface area (Å²) < 4.78 is 0. The molecule has 0 amide bonds. The zero-order valence-corrected chi connectivity index (χ0v) is 8.21. The van der Waals surface area contributed by atoms with Crippen LogP contribution in [-0.2, 0) is 21.9 Å². The summed E-state index contributed by atoms with van der Waals surface area (Å²) in [7, 11) is 0. The van der Waals surface area contributed by atoms with E-state index in [2.05, 4.69) is 10.3 Å². The molecule has 0 fully saturated rings. The molecule has 2 rings (SSSR count). The van der Waals surface area contributed by atoms with E-state index in [1.54, 1.807) is 12.1 Å². The number of hydrogen-bond acceptors (Lipinski definition) is 4. The molecule has 0 aliphatic heterocycles. The Labute approximate surface area is 90.5 Å². The number of para-hydroxylation sites is 1. The first kappa shape index (κ1) is 10.7. The molecule has 77 valence electrons. The van der Waals surface area contributed by atoms with Crippen LogP contribution in [0.5, 0.6) is 0 Å². The Morgan fingerprint density at radius 2 is 2.14 bits per heavy atom. The third-order valence-electron chi connectivity index (χ3n) is 1.54. The smallest absolute Gasteiger partial charge is 0.318 e. The van der Waals surface area contributed by atoms with Gasteiger partial charge in [0, 0.05) is 24.0 Å². The summed E-state index contributed by atoms with van der Waals surface area (Å²) in [6.45, 7) is 1.32. The maximum Gasteiger partial charge on any atom is 0.332 e. The van der Waals surface area contributed by atoms with Crippen LogP contribution in [0.2, 0.25) is 0 Å². The summed E-state index contributed by atoms with van der Waals surface area (Å²) in [5.41, 5.74) is 1.38. The van der Waals surface area contributed by atoms with Crippen molar-refractivity contribution in [3.05, 3.63) is 24.3 Å². The average Bonchev–Trinajstić information content (AvgIpc) is 2.48. The van der Waals surface area contributed by atoms with Gasteiger partial charge >= 0.3 is 5.97 Å². The second-order valence-electron chi connectivity index (χ2n) is 2.53. The normalized spacial score (nSPS) is 9.50. The van der Waals surface area contributed by atoms with Gasteiger partial charge in [-0.3, -0.25) is 0 Å². The predicted octanol–water partition coefficient (Wildman–Crippen LogP) is 0.404. The third-order valence-corrected chi connectivity index (χ3v) is 1.54. The fourth-order valence-corrected chi connectivity index (χ4v) is 1.04. The molecule has 14 heavy (non-hydrogen) atoms. The number of carbonyl (C=O) groups excluding carboxylic acids is 1. The number of carbonyl (C=O) groups is 1. The second-order valence-corrected chi connectivity index (χ2v) is 2.53. The zero-order chi connectivity index (χ0) is 9.26. The van der Waals surface area contributed by atoms with Gasteiger partial charge in [0.05, 0.1) is 0 Å². The topological polar surface area (TPSA) is 57.0 Å². The summed E-state index contributed by atoms with van der Waals surface area (Å²) in [6, 6.07) is 7.24. The average molecular weight is 241 g/mol. The van der Waals surface area contributed by atoms with E-state index in [1.807, 2.05) is 12.1 Å². The second kappa shape index (κ2) is 4.21. The zero-order valence-electron chi connectivity index (χ0n) is 7.27. The van der Waals surface area contributed by atoms with Crippen LogP contribution in [0.15, 0.2) is 24.3 Å². The van der Waals surface area contributed by atoms with Crippen molar-refractivity contribution in [1.82, 2.24) is 15.2 Å². The molecule has 1 aromatic heterocycles. The van der Waals surface area contributed by atoms with E-state index in [9.17, 15) is 4.79 Å². The molecule has 0 bridgehead atoms. The first-order chi connectivity index (χ1) is 6.27. The van der Waals surface area contributed by atoms with Crippen molar-refractivity contribution in [2.45, 2.75) is 6.92 Å². The van der Waals surface area contributed by atoms with Gasteiger partial charge < -0.3 is 4.84 Å². The molecule has 0 aliphatic carbocycles. The number of hydrogen-bond donors (Lipinski definition) is 0. The van der Waals surface area contributed by atoms with Crippen molar-refractivity contribution in [2.75, 3.05) is 0 Å². The van der Waals surface area contributed by atoms with Gasteiger partial charge in [-0.05, 0) is 17.3 Å². The molecule has 0 N–H and O–H groups in total. The van der Waals surface area contributed by atoms with Crippen LogP contribution in [-0.4, -0.2) is 21.1 Å². The Morgan fingerprint density at radius 3 is 2.86 bits per heavy atom. The largest absolute Gasteiger partial charge is 0.332 e. The van der Waals surface area contributed by atoms with Crippen LogP contribution in [0.3, 0.4) is 0 Å². The minimum absolute atomic E-state index is 0. The standard InChI is InChI=1S/C8H7N3O2.Cu/c1-6(12)13-11-8-5-3-2-4-7(8)9-10-11;/h2-5H,1H3;. The van der Waals surface area contributed by atoms with Crippen molar-refractivity contribution in [3.63, 3.8) is 0 Å². The van der Waals surface area contributed by atoms with Crippen molar-refractivity contribution < 1.29 is 26.7 Å². The van der Waals surface area contributed by atoms with Crippen LogP contribution in [0.1, 0.15) is 6.92 Å². The number of aromatic nitrogens is 3. The van der Waals surface area contributed by atoms with E-state index in [1.165, 1.54) is 6.92 Å². The summed E-state index contributed by atoms with van der Waals surface area (Å²) in [6.07, 6.45) is 0. The molecule has 1 aromatic carbocycles. The molecule has 0 saturated carbocycles. The Bertz CT molecular complexity index is 455. The Balaban J connectivity index is 0.000000980. The van der Waals surface area contributed by atoms with Crippen LogP contribution in [0.25, 0.3) is 11.0 Å². The van der Waals surface area contributed by atoms with Crippen molar-refractivity contribution in [3.8, 4) is 0 Å². The summed E-state index contributed by atoms with van der Waals surface area (Å²) in [5, 5.41) is 7.47. The number of rotatable bonds is 1. The van der Waals surface area contributed by atoms with Gasteiger partial charge in [-0.2, -0.15) is 0 Å². The summed E-state index contributed by atoms with van der Waals surface area (Å²) in [5.74, 6) is -0.421. The van der Waals surface area contributed by atoms with Crippen molar-refractivity contribution in [2.24, 2.45) is 0 Å². The van der Waals surface area contributed by atoms with Crippen LogP contribution in [0.4, 0.5) is 0 Å². The minimum atomic E-state index is -0.421. The molecule has 1 heterocycles. The van der Waals surface area contributed by atoms with E-state index in [-0.39, 0.29) is 17.1 Å². The SMILES string of the molecule is CC(=O)On1nnc2ccccc21.[Cu]. The van der Waals surface area contributed by atoms with Gasteiger partial charge in [-0.1, -0.05) is 17.0 Å². The molecule has 0 aliphatic rings. The molecule has 0 saturated heterocycles. The monoisotopic (exact) mass is 240 g/mol. The van der Waals surface area contributed by atoms with E-state index < -0.39 is 5.97 Å². The summed E-state index contributed by atoms with van der Waals surface area (Å²) in [4.78, 5) is 16.5. The number of nitrogens with zero attached hydrogens (tertiary/aromatic N) is 3. The maximum atomic E-state index is 10.6. The maximum absolute atomic E-state index is 10.6. The van der Waals surface area contributed by atoms with E-state index in [0.717, 1.165) is 4.85 Å². The molecular formula is C8H7CuN3O2. The molecule has 1 radical (unpaired) electrons. The van der Waals surface area contributed by atoms with Crippen LogP contribution >= 0.6 is 0 Å². The molecule has 2 aromatic rings. The van der Waals surface area contributed by atoms with Gasteiger partial charge in [0.2, 0.25) is 0 Å². The Hall–Kier alpha value is -1.39. The molecule has 6 heteroatoms. The molecule has 0 spiro atoms. The fraction of sp³-hybridized carbons (Fsp3) is 0.125. The van der Waals surface area contributed by atoms with E-state index in [4.69, 9.17) is 4.84 Å². The van der Waals surface area contributed by atoms with Gasteiger partial charge in [0.1, 0.15) is 11.0 Å². The van der Waals surface area contributed by atoms with Crippen LogP contribution < -0.4 is 4.84 Å². The minimum Gasteiger partial charge on any atom is -0.318 e. The molecule has 0 atom stereocenters. The van der Waals surface area contributed by atoms with E-state index >= 15 is 0 Å². The Morgan fingerprint density at radius 1 is 1.43 bits per heavy atom. The molecule has 5 nitrogen and oxygen atoms in total. The van der Waals surface area contributed by atoms with Gasteiger partial charge in [0.25, 0.3) is 0 Å². The van der Waals surface area contributed by atoms with Crippen molar-refractivity contribution in [1.29, 1.82) is 0 Å². The van der Waals surface area contributed by atoms with Gasteiger partial charge in [-0.25, -0.2) is 4.79 Å². The summed E-state index contributed by atoms with van der Waals surface area (Å²) >= 11 is 0. The van der Waals surface area contributed by atoms with Gasteiger partial charge in [-0.15, -0.1) is 5.10 Å². The fourth-order valence-electron chi connectivity index (χ4n) is 1.04. The van der Waals surface area contributed by atoms with Gasteiger partial charge in [0.15, 0.2) is 0 Å². The first-order valence-electron chi connectivity index (χ1n) is 3.77. The molecular weight excluding hydrogens is 234 g/mol.